The normalized spacial score (nSPS) is 11.7. The van der Waals surface area contributed by atoms with Crippen LogP contribution < -0.4 is 0 Å². The standard InChI is InChI=1S/C10H15NO/c1-8-9(7-12)5-6-11(8)10(2,3)4/h5-7H,1-4H3. The van der Waals surface area contributed by atoms with Crippen molar-refractivity contribution in [2.75, 3.05) is 0 Å². The van der Waals surface area contributed by atoms with E-state index in [0.29, 0.717) is 0 Å². The van der Waals surface area contributed by atoms with E-state index >= 15 is 0 Å². The lowest BCUT2D eigenvalue weighted by molar-refractivity contribution is 0.112. The van der Waals surface area contributed by atoms with Gasteiger partial charge in [-0.2, -0.15) is 0 Å². The van der Waals surface area contributed by atoms with Crippen molar-refractivity contribution in [1.29, 1.82) is 0 Å². The average Bonchev–Trinajstić information content (AvgIpc) is 2.29. The lowest BCUT2D eigenvalue weighted by Gasteiger charge is -2.23. The first-order valence-corrected chi connectivity index (χ1v) is 4.10. The van der Waals surface area contributed by atoms with Crippen LogP contribution in [0.5, 0.6) is 0 Å². The van der Waals surface area contributed by atoms with Crippen molar-refractivity contribution < 1.29 is 4.79 Å². The summed E-state index contributed by atoms with van der Waals surface area (Å²) >= 11 is 0. The number of aromatic nitrogens is 1. The molecule has 1 aromatic rings. The summed E-state index contributed by atoms with van der Waals surface area (Å²) in [6.45, 7) is 8.33. The van der Waals surface area contributed by atoms with Crippen LogP contribution in [0.15, 0.2) is 12.3 Å². The molecule has 0 spiro atoms. The molecule has 2 heteroatoms. The van der Waals surface area contributed by atoms with Crippen molar-refractivity contribution in [3.8, 4) is 0 Å². The zero-order valence-corrected chi connectivity index (χ0v) is 8.09. The smallest absolute Gasteiger partial charge is 0.151 e. The van der Waals surface area contributed by atoms with Crippen LogP contribution in [-0.4, -0.2) is 10.9 Å². The van der Waals surface area contributed by atoms with Crippen molar-refractivity contribution in [3.05, 3.63) is 23.5 Å². The van der Waals surface area contributed by atoms with Crippen LogP contribution in [0.3, 0.4) is 0 Å². The third-order valence-corrected chi connectivity index (χ3v) is 2.03. The highest BCUT2D eigenvalue weighted by molar-refractivity contribution is 5.76. The van der Waals surface area contributed by atoms with E-state index in [2.05, 4.69) is 25.3 Å². The van der Waals surface area contributed by atoms with Gasteiger partial charge in [-0.1, -0.05) is 0 Å². The molecule has 12 heavy (non-hydrogen) atoms. The summed E-state index contributed by atoms with van der Waals surface area (Å²) in [5.74, 6) is 0. The van der Waals surface area contributed by atoms with Crippen LogP contribution in [0.1, 0.15) is 36.8 Å². The Kier molecular flexibility index (Phi) is 2.09. The molecule has 1 heterocycles. The highest BCUT2D eigenvalue weighted by Crippen LogP contribution is 2.19. The van der Waals surface area contributed by atoms with E-state index in [-0.39, 0.29) is 5.54 Å². The molecule has 66 valence electrons. The maximum atomic E-state index is 10.6. The summed E-state index contributed by atoms with van der Waals surface area (Å²) in [7, 11) is 0. The fourth-order valence-electron chi connectivity index (χ4n) is 1.38. The van der Waals surface area contributed by atoms with Gasteiger partial charge in [0.05, 0.1) is 0 Å². The first-order chi connectivity index (χ1) is 5.46. The van der Waals surface area contributed by atoms with Gasteiger partial charge in [0.15, 0.2) is 6.29 Å². The minimum absolute atomic E-state index is 0.0609. The molecule has 2 nitrogen and oxygen atoms in total. The predicted octanol–water partition coefficient (Wildman–Crippen LogP) is 2.36. The Morgan fingerprint density at radius 1 is 1.42 bits per heavy atom. The average molecular weight is 165 g/mol. The van der Waals surface area contributed by atoms with Crippen LogP contribution in [-0.2, 0) is 5.54 Å². The van der Waals surface area contributed by atoms with Gasteiger partial charge in [0.25, 0.3) is 0 Å². The van der Waals surface area contributed by atoms with Crippen LogP contribution in [0.2, 0.25) is 0 Å². The highest BCUT2D eigenvalue weighted by atomic mass is 16.1. The second-order valence-electron chi connectivity index (χ2n) is 4.02. The maximum absolute atomic E-state index is 10.6. The Balaban J connectivity index is 3.19. The zero-order chi connectivity index (χ0) is 9.35. The minimum atomic E-state index is 0.0609. The number of hydrogen-bond acceptors (Lipinski definition) is 1. The molecule has 0 aromatic carbocycles. The molecular formula is C10H15NO. The third-order valence-electron chi connectivity index (χ3n) is 2.03. The van der Waals surface area contributed by atoms with Crippen molar-refractivity contribution in [3.63, 3.8) is 0 Å². The number of carbonyl (C=O) groups is 1. The van der Waals surface area contributed by atoms with Gasteiger partial charge in [-0.15, -0.1) is 0 Å². The molecule has 1 aromatic heterocycles. The molecule has 0 atom stereocenters. The van der Waals surface area contributed by atoms with Gasteiger partial charge in [0.2, 0.25) is 0 Å². The molecule has 0 unspecified atom stereocenters. The molecule has 0 bridgehead atoms. The largest absolute Gasteiger partial charge is 0.346 e. The van der Waals surface area contributed by atoms with Crippen molar-refractivity contribution >= 4 is 6.29 Å². The minimum Gasteiger partial charge on any atom is -0.346 e. The molecule has 0 radical (unpaired) electrons. The summed E-state index contributed by atoms with van der Waals surface area (Å²) < 4.78 is 2.11. The molecule has 0 N–H and O–H groups in total. The van der Waals surface area contributed by atoms with Gasteiger partial charge in [0.1, 0.15) is 0 Å². The lowest BCUT2D eigenvalue weighted by Crippen LogP contribution is -2.22. The topological polar surface area (TPSA) is 22.0 Å². The Morgan fingerprint density at radius 3 is 2.25 bits per heavy atom. The number of nitrogens with zero attached hydrogens (tertiary/aromatic N) is 1. The summed E-state index contributed by atoms with van der Waals surface area (Å²) in [6.07, 6.45) is 2.86. The summed E-state index contributed by atoms with van der Waals surface area (Å²) in [4.78, 5) is 10.6. The Bertz CT molecular complexity index is 291. The monoisotopic (exact) mass is 165 g/mol. The predicted molar refractivity (Wildman–Crippen MR) is 49.6 cm³/mol. The number of aldehydes is 1. The van der Waals surface area contributed by atoms with Gasteiger partial charge < -0.3 is 4.57 Å². The molecular weight excluding hydrogens is 150 g/mol. The first kappa shape index (κ1) is 9.04. The molecule has 0 amide bonds. The van der Waals surface area contributed by atoms with E-state index in [0.717, 1.165) is 17.5 Å². The van der Waals surface area contributed by atoms with E-state index in [4.69, 9.17) is 0 Å². The second kappa shape index (κ2) is 2.77. The van der Waals surface area contributed by atoms with Crippen LogP contribution in [0.25, 0.3) is 0 Å². The number of hydrogen-bond donors (Lipinski definition) is 0. The lowest BCUT2D eigenvalue weighted by atomic mass is 10.1. The quantitative estimate of drug-likeness (QED) is 0.585. The van der Waals surface area contributed by atoms with Crippen LogP contribution >= 0.6 is 0 Å². The first-order valence-electron chi connectivity index (χ1n) is 4.10. The van der Waals surface area contributed by atoms with Crippen molar-refractivity contribution in [1.82, 2.24) is 4.57 Å². The molecule has 0 aliphatic heterocycles. The van der Waals surface area contributed by atoms with E-state index in [1.54, 1.807) is 0 Å². The van der Waals surface area contributed by atoms with Gasteiger partial charge >= 0.3 is 0 Å². The van der Waals surface area contributed by atoms with E-state index < -0.39 is 0 Å². The van der Waals surface area contributed by atoms with Crippen molar-refractivity contribution in [2.24, 2.45) is 0 Å². The number of rotatable bonds is 1. The summed E-state index contributed by atoms with van der Waals surface area (Å²) in [5.41, 5.74) is 1.88. The van der Waals surface area contributed by atoms with E-state index in [1.807, 2.05) is 19.2 Å². The molecule has 0 saturated carbocycles. The summed E-state index contributed by atoms with van der Waals surface area (Å²) in [5, 5.41) is 0. The SMILES string of the molecule is Cc1c(C=O)ccn1C(C)(C)C. The van der Waals surface area contributed by atoms with Gasteiger partial charge in [0, 0.05) is 23.0 Å². The third kappa shape index (κ3) is 1.42. The number of carbonyl (C=O) groups excluding carboxylic acids is 1. The fraction of sp³-hybridized carbons (Fsp3) is 0.500. The fourth-order valence-corrected chi connectivity index (χ4v) is 1.38. The molecule has 0 aliphatic rings. The Morgan fingerprint density at radius 2 is 2.00 bits per heavy atom. The van der Waals surface area contributed by atoms with E-state index in [9.17, 15) is 4.79 Å². The highest BCUT2D eigenvalue weighted by Gasteiger charge is 2.15. The van der Waals surface area contributed by atoms with Gasteiger partial charge in [-0.05, 0) is 33.8 Å². The molecule has 0 aliphatic carbocycles. The van der Waals surface area contributed by atoms with Crippen LogP contribution in [0, 0.1) is 6.92 Å². The molecule has 0 saturated heterocycles. The van der Waals surface area contributed by atoms with Crippen LogP contribution in [0.4, 0.5) is 0 Å². The zero-order valence-electron chi connectivity index (χ0n) is 8.09. The molecule has 1 rings (SSSR count). The Hall–Kier alpha value is -1.05. The molecule has 0 fully saturated rings. The Labute approximate surface area is 73.2 Å². The van der Waals surface area contributed by atoms with E-state index in [1.165, 1.54) is 0 Å². The maximum Gasteiger partial charge on any atom is 0.151 e. The van der Waals surface area contributed by atoms with Gasteiger partial charge in [-0.25, -0.2) is 0 Å². The second-order valence-corrected chi connectivity index (χ2v) is 4.02. The van der Waals surface area contributed by atoms with Crippen molar-refractivity contribution in [2.45, 2.75) is 33.2 Å². The van der Waals surface area contributed by atoms with Gasteiger partial charge in [-0.3, -0.25) is 4.79 Å². The summed E-state index contributed by atoms with van der Waals surface area (Å²) in [6, 6.07) is 1.85.